The van der Waals surface area contributed by atoms with Gasteiger partial charge in [0.2, 0.25) is 0 Å². The van der Waals surface area contributed by atoms with E-state index in [1.165, 1.54) is 4.57 Å². The first-order chi connectivity index (χ1) is 14.2. The van der Waals surface area contributed by atoms with Crippen molar-refractivity contribution in [1.82, 2.24) is 4.57 Å². The fourth-order valence-electron chi connectivity index (χ4n) is 3.08. The smallest absolute Gasteiger partial charge is 0.418 e. The van der Waals surface area contributed by atoms with E-state index in [4.69, 9.17) is 4.74 Å². The van der Waals surface area contributed by atoms with Gasteiger partial charge in [0.25, 0.3) is 0 Å². The Morgan fingerprint density at radius 2 is 1.13 bits per heavy atom. The van der Waals surface area contributed by atoms with Gasteiger partial charge in [-0.05, 0) is 31.9 Å². The molecule has 3 rings (SSSR count). The van der Waals surface area contributed by atoms with Gasteiger partial charge in [0, 0.05) is 36.4 Å². The second kappa shape index (κ2) is 8.91. The molecule has 0 N–H and O–H groups in total. The first kappa shape index (κ1) is 21.2. The zero-order valence-electron chi connectivity index (χ0n) is 17.4. The molecule has 0 unspecified atom stereocenters. The van der Waals surface area contributed by atoms with Gasteiger partial charge in [-0.2, -0.15) is 0 Å². The zero-order chi connectivity index (χ0) is 21.7. The normalized spacial score (nSPS) is 11.2. The number of carbonyl (C=O) groups is 3. The molecule has 30 heavy (non-hydrogen) atoms. The summed E-state index contributed by atoms with van der Waals surface area (Å²) in [6.45, 7) is 5.36. The molecule has 1 aromatic heterocycles. The van der Waals surface area contributed by atoms with Gasteiger partial charge >= 0.3 is 6.09 Å². The number of ether oxygens (including phenoxy) is 1. The minimum atomic E-state index is -0.651. The van der Waals surface area contributed by atoms with Crippen molar-refractivity contribution in [2.24, 2.45) is 0 Å². The van der Waals surface area contributed by atoms with E-state index in [0.29, 0.717) is 22.3 Å². The van der Waals surface area contributed by atoms with E-state index in [1.807, 2.05) is 12.1 Å². The van der Waals surface area contributed by atoms with Crippen LogP contribution in [0.25, 0.3) is 0 Å². The van der Waals surface area contributed by atoms with Crippen LogP contribution in [0.3, 0.4) is 0 Å². The zero-order valence-corrected chi connectivity index (χ0v) is 17.4. The van der Waals surface area contributed by atoms with Crippen molar-refractivity contribution in [3.8, 4) is 0 Å². The largest absolute Gasteiger partial charge is 0.443 e. The van der Waals surface area contributed by atoms with Gasteiger partial charge in [-0.3, -0.25) is 14.2 Å². The fraction of sp³-hybridized carbons (Fsp3) is 0.240. The molecule has 0 aliphatic heterocycles. The molecular formula is C25H25NO4. The standard InChI is InChI=1S/C25H25NO4/c1-25(2,3)30-24(29)26-16-20(14-22(27)18-10-6-4-7-11-18)21(17-26)15-23(28)19-12-8-5-9-13-19/h4-13,16-17H,14-15H2,1-3H3. The minimum Gasteiger partial charge on any atom is -0.443 e. The SMILES string of the molecule is CC(C)(C)OC(=O)n1cc(CC(=O)c2ccccc2)c(CC(=O)c2ccccc2)c1. The highest BCUT2D eigenvalue weighted by molar-refractivity contribution is 5.99. The summed E-state index contributed by atoms with van der Waals surface area (Å²) in [5, 5.41) is 0. The van der Waals surface area contributed by atoms with Crippen molar-refractivity contribution in [3.05, 3.63) is 95.3 Å². The Morgan fingerprint density at radius 3 is 1.50 bits per heavy atom. The summed E-state index contributed by atoms with van der Waals surface area (Å²) < 4.78 is 6.74. The molecule has 3 aromatic rings. The van der Waals surface area contributed by atoms with E-state index in [1.54, 1.807) is 81.7 Å². The maximum absolute atomic E-state index is 12.7. The highest BCUT2D eigenvalue weighted by atomic mass is 16.6. The molecule has 0 radical (unpaired) electrons. The molecular weight excluding hydrogens is 378 g/mol. The number of carbonyl (C=O) groups excluding carboxylic acids is 3. The van der Waals surface area contributed by atoms with Gasteiger partial charge in [0.05, 0.1) is 0 Å². The Morgan fingerprint density at radius 1 is 0.733 bits per heavy atom. The number of aromatic nitrogens is 1. The van der Waals surface area contributed by atoms with Gasteiger partial charge in [0.1, 0.15) is 5.60 Å². The van der Waals surface area contributed by atoms with Crippen LogP contribution in [0.1, 0.15) is 52.6 Å². The van der Waals surface area contributed by atoms with Crippen LogP contribution in [0.15, 0.2) is 73.1 Å². The van der Waals surface area contributed by atoms with Crippen molar-refractivity contribution >= 4 is 17.7 Å². The Hall–Kier alpha value is -3.47. The summed E-state index contributed by atoms with van der Waals surface area (Å²) in [6, 6.07) is 17.9. The molecule has 0 saturated heterocycles. The Bertz CT molecular complexity index is 973. The van der Waals surface area contributed by atoms with Crippen molar-refractivity contribution in [3.63, 3.8) is 0 Å². The first-order valence-electron chi connectivity index (χ1n) is 9.82. The molecule has 5 heteroatoms. The van der Waals surface area contributed by atoms with Crippen LogP contribution in [0.5, 0.6) is 0 Å². The number of nitrogens with zero attached hydrogens (tertiary/aromatic N) is 1. The third kappa shape index (κ3) is 5.54. The van der Waals surface area contributed by atoms with E-state index in [-0.39, 0.29) is 24.4 Å². The van der Waals surface area contributed by atoms with E-state index >= 15 is 0 Å². The lowest BCUT2D eigenvalue weighted by atomic mass is 9.98. The van der Waals surface area contributed by atoms with Gasteiger partial charge in [0.15, 0.2) is 11.6 Å². The summed E-state index contributed by atoms with van der Waals surface area (Å²) in [5.41, 5.74) is 1.80. The molecule has 2 aromatic carbocycles. The molecule has 0 bridgehead atoms. The molecule has 0 fully saturated rings. The highest BCUT2D eigenvalue weighted by Crippen LogP contribution is 2.19. The average Bonchev–Trinajstić information content (AvgIpc) is 3.10. The van der Waals surface area contributed by atoms with Crippen molar-refractivity contribution < 1.29 is 19.1 Å². The fourth-order valence-corrected chi connectivity index (χ4v) is 3.08. The highest BCUT2D eigenvalue weighted by Gasteiger charge is 2.21. The third-order valence-electron chi connectivity index (χ3n) is 4.50. The molecule has 0 atom stereocenters. The molecule has 0 aliphatic rings. The van der Waals surface area contributed by atoms with E-state index in [2.05, 4.69) is 0 Å². The van der Waals surface area contributed by atoms with Crippen molar-refractivity contribution in [1.29, 1.82) is 0 Å². The molecule has 0 amide bonds. The maximum Gasteiger partial charge on any atom is 0.418 e. The molecule has 0 spiro atoms. The molecule has 154 valence electrons. The monoisotopic (exact) mass is 403 g/mol. The van der Waals surface area contributed by atoms with Crippen molar-refractivity contribution in [2.45, 2.75) is 39.2 Å². The Labute approximate surface area is 176 Å². The van der Waals surface area contributed by atoms with Crippen molar-refractivity contribution in [2.75, 3.05) is 0 Å². The van der Waals surface area contributed by atoms with Gasteiger partial charge in [-0.15, -0.1) is 0 Å². The minimum absolute atomic E-state index is 0.0778. The maximum atomic E-state index is 12.7. The summed E-state index contributed by atoms with van der Waals surface area (Å²) in [5.74, 6) is -0.156. The first-order valence-corrected chi connectivity index (χ1v) is 9.82. The van der Waals surface area contributed by atoms with Crippen LogP contribution in [-0.2, 0) is 17.6 Å². The molecule has 0 saturated carbocycles. The quantitative estimate of drug-likeness (QED) is 0.536. The van der Waals surface area contributed by atoms with Crippen LogP contribution >= 0.6 is 0 Å². The molecule has 0 aliphatic carbocycles. The van der Waals surface area contributed by atoms with Crippen LogP contribution in [0.2, 0.25) is 0 Å². The topological polar surface area (TPSA) is 65.4 Å². The number of hydrogen-bond acceptors (Lipinski definition) is 4. The lowest BCUT2D eigenvalue weighted by Crippen LogP contribution is -2.26. The third-order valence-corrected chi connectivity index (χ3v) is 4.50. The summed E-state index contributed by atoms with van der Waals surface area (Å²) in [4.78, 5) is 37.9. The average molecular weight is 403 g/mol. The number of benzene rings is 2. The number of Topliss-reactive ketones (excluding diaryl/α,β-unsaturated/α-hetero) is 2. The second-order valence-electron chi connectivity index (χ2n) is 8.13. The predicted octanol–water partition coefficient (Wildman–Crippen LogP) is 5.12. The Balaban J connectivity index is 1.89. The van der Waals surface area contributed by atoms with Crippen LogP contribution in [-0.4, -0.2) is 27.8 Å². The van der Waals surface area contributed by atoms with E-state index in [0.717, 1.165) is 0 Å². The van der Waals surface area contributed by atoms with Gasteiger partial charge in [-0.1, -0.05) is 60.7 Å². The van der Waals surface area contributed by atoms with Gasteiger partial charge < -0.3 is 4.74 Å². The lowest BCUT2D eigenvalue weighted by molar-refractivity contribution is 0.0536. The van der Waals surface area contributed by atoms with Crippen LogP contribution in [0, 0.1) is 0 Å². The summed E-state index contributed by atoms with van der Waals surface area (Å²) in [6.07, 6.45) is 2.81. The van der Waals surface area contributed by atoms with Crippen LogP contribution < -0.4 is 0 Å². The molecule has 1 heterocycles. The predicted molar refractivity (Wildman–Crippen MR) is 115 cm³/mol. The van der Waals surface area contributed by atoms with E-state index < -0.39 is 11.7 Å². The summed E-state index contributed by atoms with van der Waals surface area (Å²) >= 11 is 0. The van der Waals surface area contributed by atoms with Gasteiger partial charge in [-0.25, -0.2) is 4.79 Å². The Kier molecular flexibility index (Phi) is 6.31. The van der Waals surface area contributed by atoms with E-state index in [9.17, 15) is 14.4 Å². The molecule has 5 nitrogen and oxygen atoms in total. The lowest BCUT2D eigenvalue weighted by Gasteiger charge is -2.19. The number of hydrogen-bond donors (Lipinski definition) is 0. The number of ketones is 2. The second-order valence-corrected chi connectivity index (χ2v) is 8.13. The number of rotatable bonds is 6. The van der Waals surface area contributed by atoms with Crippen LogP contribution in [0.4, 0.5) is 4.79 Å². The summed E-state index contributed by atoms with van der Waals surface area (Å²) in [7, 11) is 0.